The predicted octanol–water partition coefficient (Wildman–Crippen LogP) is 2.61. The molecule has 16 heavy (non-hydrogen) atoms. The van der Waals surface area contributed by atoms with E-state index in [1.165, 1.54) is 0 Å². The van der Waals surface area contributed by atoms with Crippen LogP contribution >= 0.6 is 11.6 Å². The number of likely N-dealkylation sites (tertiary alicyclic amines) is 1. The van der Waals surface area contributed by atoms with E-state index in [1.807, 2.05) is 4.90 Å². The molecule has 4 heteroatoms. The molecule has 1 unspecified atom stereocenters. The highest BCUT2D eigenvalue weighted by molar-refractivity contribution is 6.29. The molecule has 3 nitrogen and oxygen atoms in total. The lowest BCUT2D eigenvalue weighted by Gasteiger charge is -2.15. The fourth-order valence-electron chi connectivity index (χ4n) is 2.04. The number of nitrogens with zero attached hydrogens (tertiary/aromatic N) is 2. The van der Waals surface area contributed by atoms with E-state index in [0.29, 0.717) is 16.6 Å². The van der Waals surface area contributed by atoms with Crippen LogP contribution in [0.25, 0.3) is 0 Å². The SMILES string of the molecule is CCC1CCN(C(=O)c2ccc(Cl)nc2)C1. The van der Waals surface area contributed by atoms with Crippen LogP contribution in [0.2, 0.25) is 5.15 Å². The lowest BCUT2D eigenvalue weighted by Crippen LogP contribution is -2.28. The zero-order valence-electron chi connectivity index (χ0n) is 9.32. The summed E-state index contributed by atoms with van der Waals surface area (Å²) in [5.74, 6) is 0.726. The second-order valence-corrected chi connectivity index (χ2v) is 4.57. The summed E-state index contributed by atoms with van der Waals surface area (Å²) in [6, 6.07) is 3.39. The van der Waals surface area contributed by atoms with Crippen molar-refractivity contribution in [3.05, 3.63) is 29.0 Å². The number of carbonyl (C=O) groups excluding carboxylic acids is 1. The van der Waals surface area contributed by atoms with Gasteiger partial charge in [0.15, 0.2) is 0 Å². The van der Waals surface area contributed by atoms with Crippen molar-refractivity contribution >= 4 is 17.5 Å². The molecule has 0 saturated carbocycles. The number of halogens is 1. The maximum atomic E-state index is 12.1. The molecule has 1 aromatic rings. The number of pyridine rings is 1. The molecule has 1 saturated heterocycles. The second-order valence-electron chi connectivity index (χ2n) is 4.18. The van der Waals surface area contributed by atoms with Gasteiger partial charge in [0, 0.05) is 19.3 Å². The smallest absolute Gasteiger partial charge is 0.255 e. The number of amides is 1. The highest BCUT2D eigenvalue weighted by atomic mass is 35.5. The Morgan fingerprint density at radius 3 is 3.00 bits per heavy atom. The molecule has 1 aliphatic rings. The Morgan fingerprint density at radius 1 is 1.62 bits per heavy atom. The highest BCUT2D eigenvalue weighted by Crippen LogP contribution is 2.21. The van der Waals surface area contributed by atoms with Gasteiger partial charge in [0.1, 0.15) is 5.15 Å². The van der Waals surface area contributed by atoms with Crippen molar-refractivity contribution in [1.29, 1.82) is 0 Å². The fraction of sp³-hybridized carbons (Fsp3) is 0.500. The molecule has 0 spiro atoms. The van der Waals surface area contributed by atoms with Gasteiger partial charge in [-0.2, -0.15) is 0 Å². The molecule has 1 aromatic heterocycles. The Kier molecular flexibility index (Phi) is 3.44. The molecule has 0 aliphatic carbocycles. The quantitative estimate of drug-likeness (QED) is 0.742. The van der Waals surface area contributed by atoms with Crippen molar-refractivity contribution < 1.29 is 4.79 Å². The topological polar surface area (TPSA) is 33.2 Å². The lowest BCUT2D eigenvalue weighted by molar-refractivity contribution is 0.0786. The van der Waals surface area contributed by atoms with Crippen molar-refractivity contribution in [2.75, 3.05) is 13.1 Å². The van der Waals surface area contributed by atoms with Gasteiger partial charge in [-0.3, -0.25) is 4.79 Å². The molecule has 0 radical (unpaired) electrons. The molecule has 0 aromatic carbocycles. The number of aromatic nitrogens is 1. The third-order valence-electron chi connectivity index (χ3n) is 3.12. The van der Waals surface area contributed by atoms with Gasteiger partial charge in [-0.05, 0) is 24.5 Å². The van der Waals surface area contributed by atoms with Crippen LogP contribution in [0.3, 0.4) is 0 Å². The molecule has 2 rings (SSSR count). The van der Waals surface area contributed by atoms with Gasteiger partial charge in [0.2, 0.25) is 0 Å². The van der Waals surface area contributed by atoms with Crippen LogP contribution in [0.1, 0.15) is 30.1 Å². The van der Waals surface area contributed by atoms with E-state index in [4.69, 9.17) is 11.6 Å². The Bertz CT molecular complexity index is 377. The predicted molar refractivity (Wildman–Crippen MR) is 63.5 cm³/mol. The molecule has 0 N–H and O–H groups in total. The van der Waals surface area contributed by atoms with Crippen LogP contribution in [0.15, 0.2) is 18.3 Å². The number of hydrogen-bond acceptors (Lipinski definition) is 2. The largest absolute Gasteiger partial charge is 0.338 e. The minimum absolute atomic E-state index is 0.0696. The van der Waals surface area contributed by atoms with Crippen molar-refractivity contribution in [2.24, 2.45) is 5.92 Å². The molecule has 1 amide bonds. The van der Waals surface area contributed by atoms with Crippen LogP contribution in [0, 0.1) is 5.92 Å². The zero-order valence-corrected chi connectivity index (χ0v) is 10.1. The maximum absolute atomic E-state index is 12.1. The van der Waals surface area contributed by atoms with Crippen molar-refractivity contribution in [1.82, 2.24) is 9.88 Å². The monoisotopic (exact) mass is 238 g/mol. The Balaban J connectivity index is 2.05. The van der Waals surface area contributed by atoms with Gasteiger partial charge in [0.05, 0.1) is 5.56 Å². The van der Waals surface area contributed by atoms with Crippen molar-refractivity contribution in [3.63, 3.8) is 0 Å². The van der Waals surface area contributed by atoms with E-state index in [-0.39, 0.29) is 5.91 Å². The number of hydrogen-bond donors (Lipinski definition) is 0. The number of rotatable bonds is 2. The average molecular weight is 239 g/mol. The van der Waals surface area contributed by atoms with Gasteiger partial charge in [-0.25, -0.2) is 4.98 Å². The summed E-state index contributed by atoms with van der Waals surface area (Å²) in [7, 11) is 0. The maximum Gasteiger partial charge on any atom is 0.255 e. The third-order valence-corrected chi connectivity index (χ3v) is 3.35. The van der Waals surface area contributed by atoms with Gasteiger partial charge in [0.25, 0.3) is 5.91 Å². The van der Waals surface area contributed by atoms with E-state index in [2.05, 4.69) is 11.9 Å². The Morgan fingerprint density at radius 2 is 2.44 bits per heavy atom. The summed E-state index contributed by atoms with van der Waals surface area (Å²) in [5.41, 5.74) is 0.626. The van der Waals surface area contributed by atoms with Crippen LogP contribution in [0.5, 0.6) is 0 Å². The lowest BCUT2D eigenvalue weighted by atomic mass is 10.1. The molecule has 1 atom stereocenters. The second kappa shape index (κ2) is 4.83. The molecule has 2 heterocycles. The first-order valence-corrected chi connectivity index (χ1v) is 5.99. The summed E-state index contributed by atoms with van der Waals surface area (Å²) in [5, 5.41) is 0.421. The fourth-order valence-corrected chi connectivity index (χ4v) is 2.15. The van der Waals surface area contributed by atoms with Crippen molar-refractivity contribution in [3.8, 4) is 0 Å². The third kappa shape index (κ3) is 2.35. The first kappa shape index (κ1) is 11.4. The summed E-state index contributed by atoms with van der Waals surface area (Å²) in [6.07, 6.45) is 3.80. The first-order valence-electron chi connectivity index (χ1n) is 5.61. The van der Waals surface area contributed by atoms with E-state index >= 15 is 0 Å². The van der Waals surface area contributed by atoms with Crippen LogP contribution in [-0.4, -0.2) is 28.9 Å². The Labute approximate surface area is 100 Å². The minimum atomic E-state index is 0.0696. The summed E-state index contributed by atoms with van der Waals surface area (Å²) in [6.45, 7) is 3.90. The van der Waals surface area contributed by atoms with Crippen LogP contribution in [0.4, 0.5) is 0 Å². The molecular weight excluding hydrogens is 224 g/mol. The molecule has 1 fully saturated rings. The highest BCUT2D eigenvalue weighted by Gasteiger charge is 2.25. The van der Waals surface area contributed by atoms with Gasteiger partial charge in [-0.15, -0.1) is 0 Å². The molecule has 1 aliphatic heterocycles. The van der Waals surface area contributed by atoms with Gasteiger partial charge in [-0.1, -0.05) is 24.9 Å². The van der Waals surface area contributed by atoms with E-state index < -0.39 is 0 Å². The van der Waals surface area contributed by atoms with Crippen molar-refractivity contribution in [2.45, 2.75) is 19.8 Å². The zero-order chi connectivity index (χ0) is 11.5. The van der Waals surface area contributed by atoms with Crippen LogP contribution in [-0.2, 0) is 0 Å². The Hall–Kier alpha value is -1.09. The molecule has 86 valence electrons. The van der Waals surface area contributed by atoms with E-state index in [9.17, 15) is 4.79 Å². The van der Waals surface area contributed by atoms with Gasteiger partial charge < -0.3 is 4.90 Å². The standard InChI is InChI=1S/C12H15ClN2O/c1-2-9-5-6-15(8-9)12(16)10-3-4-11(13)14-7-10/h3-4,7,9H,2,5-6,8H2,1H3. The van der Waals surface area contributed by atoms with Gasteiger partial charge >= 0.3 is 0 Å². The summed E-state index contributed by atoms with van der Waals surface area (Å²) >= 11 is 5.69. The van der Waals surface area contributed by atoms with E-state index in [1.54, 1.807) is 18.3 Å². The molecule has 0 bridgehead atoms. The summed E-state index contributed by atoms with van der Waals surface area (Å²) in [4.78, 5) is 17.9. The normalized spacial score (nSPS) is 20.1. The van der Waals surface area contributed by atoms with E-state index in [0.717, 1.165) is 25.9 Å². The summed E-state index contributed by atoms with van der Waals surface area (Å²) < 4.78 is 0. The number of carbonyl (C=O) groups is 1. The minimum Gasteiger partial charge on any atom is -0.338 e. The van der Waals surface area contributed by atoms with Crippen LogP contribution < -0.4 is 0 Å². The first-order chi connectivity index (χ1) is 7.70. The molecular formula is C12H15ClN2O. The average Bonchev–Trinajstić information content (AvgIpc) is 2.77.